The van der Waals surface area contributed by atoms with E-state index >= 15 is 0 Å². The standard InChI is InChI=1S/C12H19NO/c1-7-6-11(14-5)8(2)9(3)12(7)10(4)13/h6,10H,13H2,1-5H3. The molecule has 1 unspecified atom stereocenters. The van der Waals surface area contributed by atoms with Crippen LogP contribution in [0.5, 0.6) is 5.75 Å². The monoisotopic (exact) mass is 193 g/mol. The summed E-state index contributed by atoms with van der Waals surface area (Å²) in [6.45, 7) is 8.26. The van der Waals surface area contributed by atoms with E-state index in [0.717, 1.165) is 5.75 Å². The largest absolute Gasteiger partial charge is 0.496 e. The van der Waals surface area contributed by atoms with Gasteiger partial charge in [0.1, 0.15) is 5.75 Å². The summed E-state index contributed by atoms with van der Waals surface area (Å²) in [5, 5.41) is 0. The van der Waals surface area contributed by atoms with Gasteiger partial charge in [-0.15, -0.1) is 0 Å². The highest BCUT2D eigenvalue weighted by Crippen LogP contribution is 2.30. The second-order valence-electron chi connectivity index (χ2n) is 3.85. The quantitative estimate of drug-likeness (QED) is 0.783. The maximum absolute atomic E-state index is 5.93. The molecule has 0 saturated heterocycles. The van der Waals surface area contributed by atoms with Gasteiger partial charge in [0.15, 0.2) is 0 Å². The molecule has 0 fully saturated rings. The number of hydrogen-bond acceptors (Lipinski definition) is 2. The summed E-state index contributed by atoms with van der Waals surface area (Å²) in [7, 11) is 1.70. The lowest BCUT2D eigenvalue weighted by molar-refractivity contribution is 0.410. The van der Waals surface area contributed by atoms with Crippen molar-refractivity contribution in [3.8, 4) is 5.75 Å². The van der Waals surface area contributed by atoms with Crippen LogP contribution in [0.15, 0.2) is 6.07 Å². The number of benzene rings is 1. The topological polar surface area (TPSA) is 35.2 Å². The molecule has 1 rings (SSSR count). The zero-order valence-corrected chi connectivity index (χ0v) is 9.64. The molecular formula is C12H19NO. The van der Waals surface area contributed by atoms with Gasteiger partial charge >= 0.3 is 0 Å². The number of methoxy groups -OCH3 is 1. The Hall–Kier alpha value is -1.02. The van der Waals surface area contributed by atoms with Crippen LogP contribution < -0.4 is 10.5 Å². The van der Waals surface area contributed by atoms with E-state index < -0.39 is 0 Å². The van der Waals surface area contributed by atoms with Gasteiger partial charge in [0, 0.05) is 6.04 Å². The summed E-state index contributed by atoms with van der Waals surface area (Å²) >= 11 is 0. The molecule has 0 amide bonds. The Bertz CT molecular complexity index is 343. The Morgan fingerprint density at radius 2 is 1.79 bits per heavy atom. The molecule has 1 aromatic rings. The van der Waals surface area contributed by atoms with E-state index in [1.54, 1.807) is 7.11 Å². The normalized spacial score (nSPS) is 12.7. The van der Waals surface area contributed by atoms with E-state index in [9.17, 15) is 0 Å². The molecule has 0 spiro atoms. The smallest absolute Gasteiger partial charge is 0.122 e. The predicted octanol–water partition coefficient (Wildman–Crippen LogP) is 2.64. The summed E-state index contributed by atoms with van der Waals surface area (Å²) in [5.74, 6) is 0.949. The van der Waals surface area contributed by atoms with E-state index in [1.165, 1.54) is 22.3 Å². The number of nitrogens with two attached hydrogens (primary N) is 1. The fourth-order valence-electron chi connectivity index (χ4n) is 1.98. The van der Waals surface area contributed by atoms with Gasteiger partial charge in [-0.05, 0) is 56.0 Å². The molecule has 2 N–H and O–H groups in total. The van der Waals surface area contributed by atoms with Crippen LogP contribution in [-0.4, -0.2) is 7.11 Å². The van der Waals surface area contributed by atoms with Crippen molar-refractivity contribution < 1.29 is 4.74 Å². The minimum Gasteiger partial charge on any atom is -0.496 e. The zero-order chi connectivity index (χ0) is 10.9. The average molecular weight is 193 g/mol. The summed E-state index contributed by atoms with van der Waals surface area (Å²) in [6.07, 6.45) is 0. The highest BCUT2D eigenvalue weighted by atomic mass is 16.5. The Kier molecular flexibility index (Phi) is 3.17. The van der Waals surface area contributed by atoms with E-state index in [2.05, 4.69) is 26.8 Å². The van der Waals surface area contributed by atoms with Crippen molar-refractivity contribution in [2.75, 3.05) is 7.11 Å². The summed E-state index contributed by atoms with van der Waals surface area (Å²) < 4.78 is 5.30. The van der Waals surface area contributed by atoms with Crippen LogP contribution in [0.2, 0.25) is 0 Å². The Morgan fingerprint density at radius 1 is 1.21 bits per heavy atom. The molecule has 0 aromatic heterocycles. The third-order valence-electron chi connectivity index (χ3n) is 2.78. The zero-order valence-electron chi connectivity index (χ0n) is 9.64. The number of hydrogen-bond donors (Lipinski definition) is 1. The molecule has 0 saturated carbocycles. The number of rotatable bonds is 2. The van der Waals surface area contributed by atoms with Crippen molar-refractivity contribution in [3.05, 3.63) is 28.3 Å². The minimum absolute atomic E-state index is 0.0830. The number of ether oxygens (including phenoxy) is 1. The lowest BCUT2D eigenvalue weighted by Gasteiger charge is -2.18. The fraction of sp³-hybridized carbons (Fsp3) is 0.500. The van der Waals surface area contributed by atoms with Gasteiger partial charge in [-0.2, -0.15) is 0 Å². The molecule has 0 heterocycles. The van der Waals surface area contributed by atoms with Crippen LogP contribution in [0, 0.1) is 20.8 Å². The molecule has 0 radical (unpaired) electrons. The van der Waals surface area contributed by atoms with E-state index in [0.29, 0.717) is 0 Å². The molecule has 1 aromatic carbocycles. The third-order valence-corrected chi connectivity index (χ3v) is 2.78. The van der Waals surface area contributed by atoms with Crippen LogP contribution in [0.3, 0.4) is 0 Å². The Morgan fingerprint density at radius 3 is 2.21 bits per heavy atom. The minimum atomic E-state index is 0.0830. The molecule has 0 aliphatic carbocycles. The third kappa shape index (κ3) is 1.75. The highest BCUT2D eigenvalue weighted by molar-refractivity contribution is 5.49. The first-order valence-corrected chi connectivity index (χ1v) is 4.89. The van der Waals surface area contributed by atoms with Gasteiger partial charge in [-0.1, -0.05) is 0 Å². The summed E-state index contributed by atoms with van der Waals surface area (Å²) in [6, 6.07) is 2.14. The van der Waals surface area contributed by atoms with Gasteiger partial charge in [-0.25, -0.2) is 0 Å². The van der Waals surface area contributed by atoms with Crippen molar-refractivity contribution in [2.45, 2.75) is 33.7 Å². The van der Waals surface area contributed by atoms with Crippen LogP contribution in [0.1, 0.15) is 35.2 Å². The van der Waals surface area contributed by atoms with E-state index in [-0.39, 0.29) is 6.04 Å². The summed E-state index contributed by atoms with van der Waals surface area (Å²) in [5.41, 5.74) is 10.8. The number of aryl methyl sites for hydroxylation is 1. The average Bonchev–Trinajstić information content (AvgIpc) is 2.10. The Balaban J connectivity index is 3.41. The molecule has 0 bridgehead atoms. The van der Waals surface area contributed by atoms with Crippen molar-refractivity contribution in [1.82, 2.24) is 0 Å². The maximum Gasteiger partial charge on any atom is 0.122 e. The molecule has 2 nitrogen and oxygen atoms in total. The van der Waals surface area contributed by atoms with Crippen molar-refractivity contribution in [1.29, 1.82) is 0 Å². The van der Waals surface area contributed by atoms with E-state index in [4.69, 9.17) is 10.5 Å². The van der Waals surface area contributed by atoms with Gasteiger partial charge in [-0.3, -0.25) is 0 Å². The van der Waals surface area contributed by atoms with Crippen LogP contribution in [0.4, 0.5) is 0 Å². The van der Waals surface area contributed by atoms with E-state index in [1.807, 2.05) is 6.92 Å². The molecule has 14 heavy (non-hydrogen) atoms. The van der Waals surface area contributed by atoms with Gasteiger partial charge in [0.05, 0.1) is 7.11 Å². The lowest BCUT2D eigenvalue weighted by Crippen LogP contribution is -2.10. The second-order valence-corrected chi connectivity index (χ2v) is 3.85. The van der Waals surface area contributed by atoms with Crippen LogP contribution in [0.25, 0.3) is 0 Å². The van der Waals surface area contributed by atoms with Crippen LogP contribution in [-0.2, 0) is 0 Å². The molecule has 0 aliphatic heterocycles. The first-order valence-electron chi connectivity index (χ1n) is 4.89. The second kappa shape index (κ2) is 4.01. The highest BCUT2D eigenvalue weighted by Gasteiger charge is 2.12. The first kappa shape index (κ1) is 11.1. The van der Waals surface area contributed by atoms with Gasteiger partial charge < -0.3 is 10.5 Å². The fourth-order valence-corrected chi connectivity index (χ4v) is 1.98. The SMILES string of the molecule is COc1cc(C)c(C(C)N)c(C)c1C. The predicted molar refractivity (Wildman–Crippen MR) is 59.8 cm³/mol. The Labute approximate surface area is 86.1 Å². The maximum atomic E-state index is 5.93. The first-order chi connectivity index (χ1) is 6.49. The molecule has 78 valence electrons. The molecule has 0 aliphatic rings. The van der Waals surface area contributed by atoms with Crippen LogP contribution >= 0.6 is 0 Å². The molecule has 2 heteroatoms. The lowest BCUT2D eigenvalue weighted by atomic mass is 9.93. The van der Waals surface area contributed by atoms with Crippen molar-refractivity contribution in [3.63, 3.8) is 0 Å². The summed E-state index contributed by atoms with van der Waals surface area (Å²) in [4.78, 5) is 0. The van der Waals surface area contributed by atoms with Gasteiger partial charge in [0.25, 0.3) is 0 Å². The molecule has 1 atom stereocenters. The van der Waals surface area contributed by atoms with Gasteiger partial charge in [0.2, 0.25) is 0 Å². The van der Waals surface area contributed by atoms with Crippen molar-refractivity contribution >= 4 is 0 Å². The molecular weight excluding hydrogens is 174 g/mol. The van der Waals surface area contributed by atoms with Crippen molar-refractivity contribution in [2.24, 2.45) is 5.73 Å².